The van der Waals surface area contributed by atoms with Crippen LogP contribution in [0.3, 0.4) is 0 Å². The van der Waals surface area contributed by atoms with Crippen molar-refractivity contribution < 1.29 is 9.90 Å². The van der Waals surface area contributed by atoms with Crippen molar-refractivity contribution in [2.75, 3.05) is 18.0 Å². The van der Waals surface area contributed by atoms with Gasteiger partial charge in [-0.05, 0) is 6.07 Å². The van der Waals surface area contributed by atoms with Crippen molar-refractivity contribution in [2.45, 2.75) is 0 Å². The number of aliphatic carboxylic acids is 1. The minimum Gasteiger partial charge on any atom is -0.480 e. The lowest BCUT2D eigenvalue weighted by atomic mass is 10.2. The van der Waals surface area contributed by atoms with Gasteiger partial charge in [0.2, 0.25) is 5.95 Å². The van der Waals surface area contributed by atoms with E-state index in [0.29, 0.717) is 12.5 Å². The molecule has 2 rings (SSSR count). The summed E-state index contributed by atoms with van der Waals surface area (Å²) in [5, 5.41) is 9.78. The van der Waals surface area contributed by atoms with Crippen molar-refractivity contribution in [1.29, 1.82) is 0 Å². The zero-order valence-corrected chi connectivity index (χ0v) is 9.78. The molecule has 5 heteroatoms. The summed E-state index contributed by atoms with van der Waals surface area (Å²) in [5.74, 6) is -0.524. The molecular weight excluding hydrogens is 230 g/mol. The molecule has 1 aromatic carbocycles. The number of hydrogen-bond donors (Lipinski definition) is 1. The number of fused-ring (bicyclic) bond motifs is 1. The summed E-state index contributed by atoms with van der Waals surface area (Å²) in [6, 6.07) is 7.57. The van der Waals surface area contributed by atoms with Gasteiger partial charge in [0, 0.05) is 18.1 Å². The maximum atomic E-state index is 10.8. The monoisotopic (exact) mass is 243 g/mol. The van der Waals surface area contributed by atoms with Crippen LogP contribution in [0.2, 0.25) is 0 Å². The Labute approximate surface area is 104 Å². The summed E-state index contributed by atoms with van der Waals surface area (Å²) in [5.41, 5.74) is 0.793. The number of para-hydroxylation sites is 1. The molecule has 0 unspecified atom stereocenters. The number of hydrogen-bond acceptors (Lipinski definition) is 4. The first-order valence-electron chi connectivity index (χ1n) is 5.50. The van der Waals surface area contributed by atoms with Gasteiger partial charge in [0.05, 0.1) is 5.52 Å². The molecular formula is C13H13N3O2. The molecule has 1 aromatic heterocycles. The standard InChI is InChI=1S/C13H13N3O2/c1-2-7-16(9-12(17)18)13-14-8-10-5-3-4-6-11(10)15-13/h2-6,8H,1,7,9H2,(H,17,18). The Bertz CT molecular complexity index is 583. The van der Waals surface area contributed by atoms with Gasteiger partial charge in [-0.1, -0.05) is 24.3 Å². The number of carboxylic acids is 1. The first-order chi connectivity index (χ1) is 8.70. The van der Waals surface area contributed by atoms with Crippen molar-refractivity contribution in [3.05, 3.63) is 43.1 Å². The quantitative estimate of drug-likeness (QED) is 0.810. The van der Waals surface area contributed by atoms with E-state index in [4.69, 9.17) is 5.11 Å². The molecule has 18 heavy (non-hydrogen) atoms. The third-order valence-electron chi connectivity index (χ3n) is 2.43. The zero-order valence-electron chi connectivity index (χ0n) is 9.78. The van der Waals surface area contributed by atoms with Gasteiger partial charge >= 0.3 is 5.97 Å². The van der Waals surface area contributed by atoms with Crippen LogP contribution in [0.1, 0.15) is 0 Å². The molecule has 0 spiro atoms. The lowest BCUT2D eigenvalue weighted by Gasteiger charge is -2.18. The molecule has 0 aliphatic heterocycles. The van der Waals surface area contributed by atoms with Gasteiger partial charge in [-0.2, -0.15) is 0 Å². The van der Waals surface area contributed by atoms with Crippen LogP contribution in [0.15, 0.2) is 43.1 Å². The van der Waals surface area contributed by atoms with E-state index in [2.05, 4.69) is 16.5 Å². The molecule has 0 fully saturated rings. The van der Waals surface area contributed by atoms with Crippen molar-refractivity contribution in [2.24, 2.45) is 0 Å². The molecule has 0 aliphatic carbocycles. The van der Waals surface area contributed by atoms with E-state index in [-0.39, 0.29) is 6.54 Å². The highest BCUT2D eigenvalue weighted by atomic mass is 16.4. The highest BCUT2D eigenvalue weighted by molar-refractivity contribution is 5.79. The molecule has 0 saturated carbocycles. The smallest absolute Gasteiger partial charge is 0.323 e. The van der Waals surface area contributed by atoms with E-state index in [1.54, 1.807) is 17.2 Å². The molecule has 2 aromatic rings. The van der Waals surface area contributed by atoms with E-state index in [9.17, 15) is 4.79 Å². The van der Waals surface area contributed by atoms with Gasteiger partial charge in [0.25, 0.3) is 0 Å². The van der Waals surface area contributed by atoms with Gasteiger partial charge in [-0.3, -0.25) is 4.79 Å². The predicted octanol–water partition coefficient (Wildman–Crippen LogP) is 1.71. The number of rotatable bonds is 5. The molecule has 0 bridgehead atoms. The molecule has 0 atom stereocenters. The number of carbonyl (C=O) groups is 1. The summed E-state index contributed by atoms with van der Waals surface area (Å²) < 4.78 is 0. The number of anilines is 1. The zero-order chi connectivity index (χ0) is 13.0. The van der Waals surface area contributed by atoms with Crippen LogP contribution in [-0.2, 0) is 4.79 Å². The maximum Gasteiger partial charge on any atom is 0.323 e. The number of aromatic nitrogens is 2. The van der Waals surface area contributed by atoms with Crippen LogP contribution in [0.25, 0.3) is 10.9 Å². The highest BCUT2D eigenvalue weighted by Gasteiger charge is 2.12. The van der Waals surface area contributed by atoms with E-state index < -0.39 is 5.97 Å². The Hall–Kier alpha value is -2.43. The summed E-state index contributed by atoms with van der Waals surface area (Å²) in [7, 11) is 0. The fraction of sp³-hybridized carbons (Fsp3) is 0.154. The Morgan fingerprint density at radius 1 is 1.44 bits per heavy atom. The predicted molar refractivity (Wildman–Crippen MR) is 69.6 cm³/mol. The lowest BCUT2D eigenvalue weighted by molar-refractivity contribution is -0.135. The molecule has 0 amide bonds. The second-order valence-electron chi connectivity index (χ2n) is 3.79. The fourth-order valence-corrected chi connectivity index (χ4v) is 1.65. The maximum absolute atomic E-state index is 10.8. The summed E-state index contributed by atoms with van der Waals surface area (Å²) >= 11 is 0. The molecule has 5 nitrogen and oxygen atoms in total. The lowest BCUT2D eigenvalue weighted by Crippen LogP contribution is -2.31. The minimum absolute atomic E-state index is 0.148. The van der Waals surface area contributed by atoms with Crippen molar-refractivity contribution in [3.8, 4) is 0 Å². The third-order valence-corrected chi connectivity index (χ3v) is 2.43. The highest BCUT2D eigenvalue weighted by Crippen LogP contribution is 2.14. The molecule has 0 aliphatic rings. The molecule has 1 heterocycles. The van der Waals surface area contributed by atoms with Crippen molar-refractivity contribution in [3.63, 3.8) is 0 Å². The SMILES string of the molecule is C=CCN(CC(=O)O)c1ncc2ccccc2n1. The van der Waals surface area contributed by atoms with E-state index in [1.165, 1.54) is 0 Å². The Morgan fingerprint density at radius 3 is 2.94 bits per heavy atom. The Morgan fingerprint density at radius 2 is 2.22 bits per heavy atom. The number of nitrogens with zero attached hydrogens (tertiary/aromatic N) is 3. The Balaban J connectivity index is 2.37. The first kappa shape index (κ1) is 12.0. The normalized spacial score (nSPS) is 10.2. The van der Waals surface area contributed by atoms with Crippen molar-refractivity contribution >= 4 is 22.8 Å². The van der Waals surface area contributed by atoms with E-state index >= 15 is 0 Å². The van der Waals surface area contributed by atoms with Gasteiger partial charge < -0.3 is 10.0 Å². The third kappa shape index (κ3) is 2.63. The van der Waals surface area contributed by atoms with Gasteiger partial charge in [-0.25, -0.2) is 9.97 Å². The van der Waals surface area contributed by atoms with Gasteiger partial charge in [-0.15, -0.1) is 6.58 Å². The van der Waals surface area contributed by atoms with Crippen molar-refractivity contribution in [1.82, 2.24) is 9.97 Å². The van der Waals surface area contributed by atoms with Crippen LogP contribution in [0, 0.1) is 0 Å². The second-order valence-corrected chi connectivity index (χ2v) is 3.79. The molecule has 1 N–H and O–H groups in total. The number of carboxylic acid groups (broad SMARTS) is 1. The van der Waals surface area contributed by atoms with Crippen LogP contribution in [0.5, 0.6) is 0 Å². The molecule has 0 saturated heterocycles. The molecule has 92 valence electrons. The van der Waals surface area contributed by atoms with Gasteiger partial charge in [0.15, 0.2) is 0 Å². The van der Waals surface area contributed by atoms with Crippen LogP contribution in [0.4, 0.5) is 5.95 Å². The fourth-order valence-electron chi connectivity index (χ4n) is 1.65. The van der Waals surface area contributed by atoms with Crippen LogP contribution in [-0.4, -0.2) is 34.1 Å². The topological polar surface area (TPSA) is 66.3 Å². The first-order valence-corrected chi connectivity index (χ1v) is 5.50. The van der Waals surface area contributed by atoms with Crippen LogP contribution >= 0.6 is 0 Å². The minimum atomic E-state index is -0.923. The van der Waals surface area contributed by atoms with E-state index in [0.717, 1.165) is 10.9 Å². The Kier molecular flexibility index (Phi) is 3.52. The van der Waals surface area contributed by atoms with E-state index in [1.807, 2.05) is 24.3 Å². The summed E-state index contributed by atoms with van der Waals surface area (Å²) in [6.45, 7) is 3.85. The second kappa shape index (κ2) is 5.27. The van der Waals surface area contributed by atoms with Gasteiger partial charge in [0.1, 0.15) is 6.54 Å². The average molecular weight is 243 g/mol. The summed E-state index contributed by atoms with van der Waals surface area (Å²) in [4.78, 5) is 20.9. The number of benzene rings is 1. The average Bonchev–Trinajstić information content (AvgIpc) is 2.37. The van der Waals surface area contributed by atoms with Crippen LogP contribution < -0.4 is 4.90 Å². The summed E-state index contributed by atoms with van der Waals surface area (Å²) in [6.07, 6.45) is 3.32. The largest absolute Gasteiger partial charge is 0.480 e. The molecule has 0 radical (unpaired) electrons.